The number of carbonyl (C=O) groups excluding carboxylic acids is 3. The summed E-state index contributed by atoms with van der Waals surface area (Å²) in [6, 6.07) is 32.9. The van der Waals surface area contributed by atoms with Gasteiger partial charge in [-0.1, -0.05) is 34.8 Å². The van der Waals surface area contributed by atoms with E-state index in [2.05, 4.69) is 29.9 Å². The molecule has 0 aliphatic rings. The molecule has 6 heterocycles. The fourth-order valence-electron chi connectivity index (χ4n) is 10.3. The molecule has 6 aromatic heterocycles. The third-order valence-electron chi connectivity index (χ3n) is 14.0. The molecule has 0 atom stereocenters. The van der Waals surface area contributed by atoms with E-state index >= 15 is 0 Å². The Morgan fingerprint density at radius 2 is 0.675 bits per heavy atom. The first kappa shape index (κ1) is 60.2. The predicted octanol–water partition coefficient (Wildman–Crippen LogP) is 7.30. The van der Waals surface area contributed by atoms with Crippen LogP contribution in [0.25, 0.3) is 82.9 Å². The largest absolute Gasteiger partial charge is 3.00 e. The van der Waals surface area contributed by atoms with Crippen LogP contribution in [0.2, 0.25) is 15.1 Å². The van der Waals surface area contributed by atoms with Crippen molar-refractivity contribution in [1.82, 2.24) is 43.6 Å². The monoisotopic (exact) mass is 1190 g/mol. The maximum Gasteiger partial charge on any atom is 3.00 e. The number of hydrogen-bond donors (Lipinski definition) is 0. The van der Waals surface area contributed by atoms with Crippen molar-refractivity contribution in [2.24, 2.45) is 0 Å². The first-order valence-corrected chi connectivity index (χ1v) is 26.0. The summed E-state index contributed by atoms with van der Waals surface area (Å²) >= 11 is 18.3. The molecule has 0 bridgehead atoms. The molecule has 0 saturated carbocycles. The van der Waals surface area contributed by atoms with Gasteiger partial charge in [0, 0.05) is 102 Å². The van der Waals surface area contributed by atoms with Crippen molar-refractivity contribution in [2.75, 3.05) is 21.3 Å². The van der Waals surface area contributed by atoms with E-state index in [9.17, 15) is 29.7 Å². The van der Waals surface area contributed by atoms with Crippen molar-refractivity contribution in [1.29, 1.82) is 0 Å². The van der Waals surface area contributed by atoms with Gasteiger partial charge >= 0.3 is 17.4 Å². The zero-order valence-corrected chi connectivity index (χ0v) is 48.6. The number of hydrogen-bond acceptors (Lipinski definition) is 15. The zero-order chi connectivity index (χ0) is 57.4. The molecule has 0 aliphatic carbocycles. The van der Waals surface area contributed by atoms with Gasteiger partial charge < -0.3 is 49.4 Å². The molecule has 0 saturated heterocycles. The Bertz CT molecular complexity index is 4060. The van der Waals surface area contributed by atoms with Crippen LogP contribution in [0, 0.1) is 20.8 Å². The van der Waals surface area contributed by atoms with Crippen molar-refractivity contribution in [2.45, 2.75) is 40.0 Å². The van der Waals surface area contributed by atoms with E-state index in [1.807, 2.05) is 107 Å². The Morgan fingerprint density at radius 1 is 0.410 bits per heavy atom. The van der Waals surface area contributed by atoms with E-state index in [0.29, 0.717) is 83.0 Å². The Labute approximate surface area is 498 Å². The van der Waals surface area contributed by atoms with Gasteiger partial charge in [-0.3, -0.25) is 13.7 Å². The maximum atomic E-state index is 11.3. The van der Waals surface area contributed by atoms with Gasteiger partial charge in [0.1, 0.15) is 53.7 Å². The zero-order valence-electron chi connectivity index (χ0n) is 45.2. The molecule has 0 fully saturated rings. The summed E-state index contributed by atoms with van der Waals surface area (Å²) < 4.78 is 21.7. The molecule has 0 spiro atoms. The Kier molecular flexibility index (Phi) is 18.2. The second-order valence-electron chi connectivity index (χ2n) is 18.6. The normalized spacial score (nSPS) is 11.0. The van der Waals surface area contributed by atoms with E-state index in [1.165, 1.54) is 19.0 Å². The average Bonchev–Trinajstić information content (AvgIpc) is 2.37. The van der Waals surface area contributed by atoms with Gasteiger partial charge in [-0.15, -0.1) is 0 Å². The molecule has 83 heavy (non-hydrogen) atoms. The van der Waals surface area contributed by atoms with Gasteiger partial charge in [0.2, 0.25) is 0 Å². The first-order chi connectivity index (χ1) is 39.0. The molecular formula is C60H47AlCl3N9O10. The van der Waals surface area contributed by atoms with Crippen LogP contribution in [-0.4, -0.2) is 106 Å². The summed E-state index contributed by atoms with van der Waals surface area (Å²) in [6.07, 6.45) is 3.83. The van der Waals surface area contributed by atoms with Crippen molar-refractivity contribution in [3.63, 3.8) is 0 Å². The topological polar surface area (TPSA) is 272 Å². The fourth-order valence-corrected chi connectivity index (χ4v) is 10.8. The summed E-state index contributed by atoms with van der Waals surface area (Å²) in [4.78, 5) is 60.2. The second kappa shape index (κ2) is 25.1. The number of aliphatic carboxylic acids is 3. The molecule has 19 nitrogen and oxygen atoms in total. The molecule has 12 rings (SSSR count). The van der Waals surface area contributed by atoms with Crippen molar-refractivity contribution >= 4 is 135 Å². The molecule has 23 heteroatoms. The summed E-state index contributed by atoms with van der Waals surface area (Å²) in [5, 5.41) is 40.5. The Hall–Kier alpha value is -8.87. The molecule has 12 aromatic rings. The number of carbonyl (C=O) groups is 3. The van der Waals surface area contributed by atoms with E-state index in [4.69, 9.17) is 49.0 Å². The number of carboxylic acid groups (broad SMARTS) is 3. The van der Waals surface area contributed by atoms with Crippen molar-refractivity contribution in [3.05, 3.63) is 177 Å². The van der Waals surface area contributed by atoms with Gasteiger partial charge in [-0.05, 0) is 147 Å². The number of halogens is 3. The number of fused-ring (bicyclic) bond motifs is 6. The van der Waals surface area contributed by atoms with E-state index in [-0.39, 0.29) is 42.1 Å². The molecule has 0 unspecified atom stereocenters. The van der Waals surface area contributed by atoms with Crippen molar-refractivity contribution in [3.8, 4) is 34.7 Å². The predicted molar refractivity (Wildman–Crippen MR) is 314 cm³/mol. The smallest absolute Gasteiger partial charge is 0.550 e. The van der Waals surface area contributed by atoms with E-state index in [0.717, 1.165) is 65.9 Å². The molecule has 0 radical (unpaired) electrons. The van der Waals surface area contributed by atoms with Crippen LogP contribution in [0.15, 0.2) is 128 Å². The van der Waals surface area contributed by atoms with E-state index in [1.54, 1.807) is 57.7 Å². The molecule has 0 aliphatic heterocycles. The average molecular weight is 1190 g/mol. The Balaban J connectivity index is 0.000000161. The van der Waals surface area contributed by atoms with Crippen LogP contribution in [0.5, 0.6) is 17.2 Å². The third kappa shape index (κ3) is 11.8. The standard InChI is InChI=1S/3C20H16ClN3O3.Al.H2O/c3*1-11-15(9-19(25)26)16-8-13(27-2)4-6-18(16)24(11)20-14-5-3-12(21)7-17(14)22-10-23-20;;/h3*3-8,10H,9H2,1-2H3,(H,25,26);;1H2/q;;;+3;/p-3. The SMILES string of the molecule is COc1ccc2c(c1)c(CC(=O)[O-])c(C)n2-c1ncnc2cc(Cl)ccc12.COc1ccc2c(c1)c(CC(=O)[O-])c(C)n2-c1ncnc2cc(Cl)ccc12.COc1ccc2c(c1)c(CC(=O)[O-])c(C)n2-c1ncnc2cc(Cl)ccc12.O.[Al+3]. The quantitative estimate of drug-likeness (QED) is 0.109. The van der Waals surface area contributed by atoms with Crippen LogP contribution < -0.4 is 29.5 Å². The number of nitrogens with zero attached hydrogens (tertiary/aromatic N) is 9. The fraction of sp³-hybridized carbons (Fsp3) is 0.150. The van der Waals surface area contributed by atoms with Gasteiger partial charge in [0.15, 0.2) is 0 Å². The van der Waals surface area contributed by atoms with Crippen LogP contribution in [0.1, 0.15) is 33.8 Å². The number of carboxylic acids is 3. The molecule has 6 aromatic carbocycles. The van der Waals surface area contributed by atoms with Crippen LogP contribution >= 0.6 is 34.8 Å². The number of benzene rings is 6. The number of aromatic nitrogens is 9. The minimum Gasteiger partial charge on any atom is -0.550 e. The maximum absolute atomic E-state index is 11.3. The van der Waals surface area contributed by atoms with Gasteiger partial charge in [0.05, 0.1) is 54.4 Å². The van der Waals surface area contributed by atoms with Gasteiger partial charge in [-0.2, -0.15) is 0 Å². The first-order valence-electron chi connectivity index (χ1n) is 24.8. The summed E-state index contributed by atoms with van der Waals surface area (Å²) in [5.74, 6) is 0.519. The van der Waals surface area contributed by atoms with Crippen molar-refractivity contribution < 1.29 is 49.4 Å². The number of rotatable bonds is 12. The summed E-state index contributed by atoms with van der Waals surface area (Å²) in [5.41, 5.74) is 8.97. The summed E-state index contributed by atoms with van der Waals surface area (Å²) in [6.45, 7) is 5.61. The van der Waals surface area contributed by atoms with Gasteiger partial charge in [0.25, 0.3) is 0 Å². The molecule has 0 amide bonds. The minimum atomic E-state index is -1.14. The van der Waals surface area contributed by atoms with Crippen LogP contribution in [0.4, 0.5) is 0 Å². The Morgan fingerprint density at radius 3 is 0.916 bits per heavy atom. The number of ether oxygens (including phenoxy) is 3. The summed E-state index contributed by atoms with van der Waals surface area (Å²) in [7, 11) is 4.72. The van der Waals surface area contributed by atoms with Crippen LogP contribution in [0.3, 0.4) is 0 Å². The minimum absolute atomic E-state index is 0. The molecule has 416 valence electrons. The molecular weight excluding hydrogens is 1140 g/mol. The van der Waals surface area contributed by atoms with E-state index < -0.39 is 17.9 Å². The second-order valence-corrected chi connectivity index (χ2v) is 19.9. The van der Waals surface area contributed by atoms with Gasteiger partial charge in [-0.25, -0.2) is 29.9 Å². The number of methoxy groups -OCH3 is 3. The van der Waals surface area contributed by atoms with Crippen LogP contribution in [-0.2, 0) is 33.6 Å². The molecule has 2 N–H and O–H groups in total. The third-order valence-corrected chi connectivity index (χ3v) is 14.7.